The van der Waals surface area contributed by atoms with Crippen molar-refractivity contribution in [3.8, 4) is 17.1 Å². The van der Waals surface area contributed by atoms with Crippen molar-refractivity contribution in [3.63, 3.8) is 0 Å². The Balaban J connectivity index is 1.94. The van der Waals surface area contributed by atoms with Crippen molar-refractivity contribution in [1.82, 2.24) is 15.0 Å². The third-order valence-electron chi connectivity index (χ3n) is 3.46. The molecule has 108 valence electrons. The second-order valence-corrected chi connectivity index (χ2v) is 4.81. The molecule has 0 aliphatic heterocycles. The van der Waals surface area contributed by atoms with Crippen LogP contribution in [-0.4, -0.2) is 22.1 Å². The maximum atomic E-state index is 12.2. The summed E-state index contributed by atoms with van der Waals surface area (Å²) >= 11 is 0. The van der Waals surface area contributed by atoms with Crippen LogP contribution in [0.1, 0.15) is 0 Å². The van der Waals surface area contributed by atoms with E-state index >= 15 is 0 Å². The Kier molecular flexibility index (Phi) is 2.69. The van der Waals surface area contributed by atoms with Gasteiger partial charge in [0.2, 0.25) is 0 Å². The molecule has 0 fully saturated rings. The Morgan fingerprint density at radius 1 is 1.23 bits per heavy atom. The Hall–Kier alpha value is -3.15. The smallest absolute Gasteiger partial charge is 0.347 e. The van der Waals surface area contributed by atoms with E-state index in [1.165, 1.54) is 0 Å². The van der Waals surface area contributed by atoms with E-state index in [0.717, 1.165) is 10.9 Å². The lowest BCUT2D eigenvalue weighted by molar-refractivity contribution is 0.414. The third kappa shape index (κ3) is 1.93. The first-order valence-electron chi connectivity index (χ1n) is 6.67. The number of aromatic amines is 1. The number of H-pyrrole nitrogens is 1. The number of nitrogens with one attached hydrogen (secondary N) is 1. The Morgan fingerprint density at radius 3 is 2.95 bits per heavy atom. The van der Waals surface area contributed by atoms with Gasteiger partial charge in [-0.2, -0.15) is 0 Å². The van der Waals surface area contributed by atoms with Crippen LogP contribution in [0, 0.1) is 0 Å². The molecule has 0 aliphatic carbocycles. The van der Waals surface area contributed by atoms with Gasteiger partial charge in [0, 0.05) is 17.6 Å². The van der Waals surface area contributed by atoms with Gasteiger partial charge in [0.1, 0.15) is 22.7 Å². The molecule has 0 amide bonds. The number of benzene rings is 1. The van der Waals surface area contributed by atoms with Crippen molar-refractivity contribution >= 4 is 22.1 Å². The van der Waals surface area contributed by atoms with Gasteiger partial charge in [0.05, 0.1) is 12.6 Å². The molecule has 0 atom stereocenters. The number of aromatic nitrogens is 3. The van der Waals surface area contributed by atoms with Crippen molar-refractivity contribution in [2.24, 2.45) is 0 Å². The van der Waals surface area contributed by atoms with E-state index in [1.807, 2.05) is 18.2 Å². The van der Waals surface area contributed by atoms with Crippen molar-refractivity contribution < 1.29 is 9.15 Å². The van der Waals surface area contributed by atoms with Gasteiger partial charge in [0.15, 0.2) is 5.65 Å². The van der Waals surface area contributed by atoms with Crippen molar-refractivity contribution in [3.05, 3.63) is 53.0 Å². The molecule has 22 heavy (non-hydrogen) atoms. The van der Waals surface area contributed by atoms with Gasteiger partial charge >= 0.3 is 5.63 Å². The van der Waals surface area contributed by atoms with Gasteiger partial charge in [-0.15, -0.1) is 0 Å². The Bertz CT molecular complexity index is 1020. The second kappa shape index (κ2) is 4.70. The number of imidazole rings is 1. The molecule has 3 aromatic heterocycles. The van der Waals surface area contributed by atoms with Crippen LogP contribution >= 0.6 is 0 Å². The van der Waals surface area contributed by atoms with Crippen LogP contribution < -0.4 is 10.4 Å². The minimum atomic E-state index is -0.459. The molecule has 6 heteroatoms. The highest BCUT2D eigenvalue weighted by Gasteiger charge is 2.12. The zero-order chi connectivity index (χ0) is 15.1. The van der Waals surface area contributed by atoms with Gasteiger partial charge in [0.25, 0.3) is 0 Å². The van der Waals surface area contributed by atoms with Crippen molar-refractivity contribution in [1.29, 1.82) is 0 Å². The number of rotatable bonds is 2. The summed E-state index contributed by atoms with van der Waals surface area (Å²) < 4.78 is 10.5. The monoisotopic (exact) mass is 293 g/mol. The first kappa shape index (κ1) is 12.6. The number of methoxy groups -OCH3 is 1. The molecule has 3 heterocycles. The lowest BCUT2D eigenvalue weighted by atomic mass is 10.1. The molecule has 0 saturated heterocycles. The average Bonchev–Trinajstić information content (AvgIpc) is 2.97. The standard InChI is InChI=1S/C16H11N3O3/c1-21-10-5-4-9-7-11(16(20)22-13(9)8-10)14-18-12-3-2-6-17-15(12)19-14/h2-8H,1H3,(H,17,18,19). The number of hydrogen-bond acceptors (Lipinski definition) is 5. The minimum Gasteiger partial charge on any atom is -0.497 e. The molecule has 0 aliphatic rings. The fraction of sp³-hybridized carbons (Fsp3) is 0.0625. The highest BCUT2D eigenvalue weighted by molar-refractivity contribution is 5.83. The van der Waals surface area contributed by atoms with Gasteiger partial charge < -0.3 is 14.1 Å². The first-order chi connectivity index (χ1) is 10.7. The predicted molar refractivity (Wildman–Crippen MR) is 81.9 cm³/mol. The van der Waals surface area contributed by atoms with Gasteiger partial charge in [-0.3, -0.25) is 0 Å². The van der Waals surface area contributed by atoms with E-state index < -0.39 is 5.63 Å². The lowest BCUT2D eigenvalue weighted by Crippen LogP contribution is -2.03. The van der Waals surface area contributed by atoms with E-state index in [9.17, 15) is 4.79 Å². The minimum absolute atomic E-state index is 0.371. The molecule has 0 unspecified atom stereocenters. The molecule has 1 aromatic carbocycles. The Morgan fingerprint density at radius 2 is 2.14 bits per heavy atom. The summed E-state index contributed by atoms with van der Waals surface area (Å²) in [6.07, 6.45) is 1.65. The summed E-state index contributed by atoms with van der Waals surface area (Å²) in [5, 5.41) is 0.795. The number of nitrogens with zero attached hydrogens (tertiary/aromatic N) is 2. The predicted octanol–water partition coefficient (Wildman–Crippen LogP) is 2.74. The van der Waals surface area contributed by atoms with E-state index in [0.29, 0.717) is 28.4 Å². The summed E-state index contributed by atoms with van der Waals surface area (Å²) in [5.74, 6) is 1.08. The summed E-state index contributed by atoms with van der Waals surface area (Å²) in [5.41, 5.74) is 1.72. The van der Waals surface area contributed by atoms with E-state index in [-0.39, 0.29) is 0 Å². The number of ether oxygens (including phenoxy) is 1. The van der Waals surface area contributed by atoms with Crippen LogP contribution in [0.3, 0.4) is 0 Å². The Labute approximate surface area is 124 Å². The van der Waals surface area contributed by atoms with E-state index in [1.54, 1.807) is 31.5 Å². The largest absolute Gasteiger partial charge is 0.497 e. The molecule has 0 bridgehead atoms. The van der Waals surface area contributed by atoms with Crippen LogP contribution in [0.25, 0.3) is 33.5 Å². The number of hydrogen-bond donors (Lipinski definition) is 1. The fourth-order valence-corrected chi connectivity index (χ4v) is 2.36. The molecule has 0 spiro atoms. The molecule has 4 rings (SSSR count). The summed E-state index contributed by atoms with van der Waals surface area (Å²) in [6, 6.07) is 10.7. The van der Waals surface area contributed by atoms with Crippen molar-refractivity contribution in [2.45, 2.75) is 0 Å². The van der Waals surface area contributed by atoms with Crippen LogP contribution in [0.2, 0.25) is 0 Å². The maximum Gasteiger partial charge on any atom is 0.347 e. The quantitative estimate of drug-likeness (QED) is 0.575. The first-order valence-corrected chi connectivity index (χ1v) is 6.67. The number of fused-ring (bicyclic) bond motifs is 2. The van der Waals surface area contributed by atoms with Gasteiger partial charge in [-0.25, -0.2) is 14.8 Å². The zero-order valence-corrected chi connectivity index (χ0v) is 11.7. The third-order valence-corrected chi connectivity index (χ3v) is 3.46. The zero-order valence-electron chi connectivity index (χ0n) is 11.7. The second-order valence-electron chi connectivity index (χ2n) is 4.81. The van der Waals surface area contributed by atoms with Gasteiger partial charge in [-0.1, -0.05) is 0 Å². The van der Waals surface area contributed by atoms with Crippen LogP contribution in [0.5, 0.6) is 5.75 Å². The highest BCUT2D eigenvalue weighted by atomic mass is 16.5. The van der Waals surface area contributed by atoms with E-state index in [2.05, 4.69) is 15.0 Å². The maximum absolute atomic E-state index is 12.2. The van der Waals surface area contributed by atoms with Crippen molar-refractivity contribution in [2.75, 3.05) is 7.11 Å². The van der Waals surface area contributed by atoms with E-state index in [4.69, 9.17) is 9.15 Å². The summed E-state index contributed by atoms with van der Waals surface area (Å²) in [4.78, 5) is 23.8. The summed E-state index contributed by atoms with van der Waals surface area (Å²) in [7, 11) is 1.56. The molecule has 1 N–H and O–H groups in total. The molecular weight excluding hydrogens is 282 g/mol. The van der Waals surface area contributed by atoms with Crippen LogP contribution in [0.15, 0.2) is 51.8 Å². The highest BCUT2D eigenvalue weighted by Crippen LogP contribution is 2.23. The average molecular weight is 293 g/mol. The number of pyridine rings is 1. The molecule has 4 aromatic rings. The SMILES string of the molecule is COc1ccc2cc(-c3nc4ncccc4[nH]3)c(=O)oc2c1. The molecular formula is C16H11N3O3. The normalized spacial score (nSPS) is 11.1. The fourth-order valence-electron chi connectivity index (χ4n) is 2.36. The van der Waals surface area contributed by atoms with Crippen LogP contribution in [0.4, 0.5) is 0 Å². The summed E-state index contributed by atoms with van der Waals surface area (Å²) in [6.45, 7) is 0. The lowest BCUT2D eigenvalue weighted by Gasteiger charge is -2.02. The topological polar surface area (TPSA) is 81.0 Å². The van der Waals surface area contributed by atoms with Gasteiger partial charge in [-0.05, 0) is 30.3 Å². The van der Waals surface area contributed by atoms with Crippen LogP contribution in [-0.2, 0) is 0 Å². The molecule has 0 saturated carbocycles. The molecule has 0 radical (unpaired) electrons. The molecule has 6 nitrogen and oxygen atoms in total.